The second-order valence-electron chi connectivity index (χ2n) is 18.1. The second kappa shape index (κ2) is 13.2. The molecule has 0 bridgehead atoms. The molecule has 9 rings (SSSR count). The largest absolute Gasteiger partial charge is 0.507 e. The van der Waals surface area contributed by atoms with Crippen molar-refractivity contribution < 1.29 is 5.11 Å². The lowest BCUT2D eigenvalue weighted by Gasteiger charge is -2.25. The number of benzene rings is 6. The lowest BCUT2D eigenvalue weighted by molar-refractivity contribution is 0.477. The molecule has 0 saturated heterocycles. The van der Waals surface area contributed by atoms with Gasteiger partial charge in [-0.3, -0.25) is 9.55 Å². The van der Waals surface area contributed by atoms with Crippen LogP contribution in [0.3, 0.4) is 0 Å². The van der Waals surface area contributed by atoms with Gasteiger partial charge in [0, 0.05) is 28.3 Å². The van der Waals surface area contributed by atoms with Crippen LogP contribution in [-0.2, 0) is 16.2 Å². The van der Waals surface area contributed by atoms with E-state index in [1.165, 1.54) is 33.4 Å². The Hall–Kier alpha value is -6.26. The van der Waals surface area contributed by atoms with E-state index >= 15 is 0 Å². The van der Waals surface area contributed by atoms with E-state index in [1.807, 2.05) is 24.4 Å². The fraction of sp³-hybridized carbons (Fsp3) is 0.208. The van der Waals surface area contributed by atoms with Gasteiger partial charge >= 0.3 is 0 Å². The zero-order chi connectivity index (χ0) is 39.9. The summed E-state index contributed by atoms with van der Waals surface area (Å²) in [5.74, 6) is 0.873. The Bertz CT molecular complexity index is 2850. The highest BCUT2D eigenvalue weighted by Gasteiger charge is 2.38. The van der Waals surface area contributed by atoms with Gasteiger partial charge in [0.25, 0.3) is 0 Å². The number of aromatic nitrogens is 3. The number of hydrogen-bond donors (Lipinski definition) is 1. The molecule has 1 N–H and O–H groups in total. The van der Waals surface area contributed by atoms with Crippen LogP contribution in [0.15, 0.2) is 146 Å². The second-order valence-corrected chi connectivity index (χ2v) is 18.1. The summed E-state index contributed by atoms with van der Waals surface area (Å²) >= 11 is 0. The molecule has 6 aromatic carbocycles. The van der Waals surface area contributed by atoms with E-state index in [1.54, 1.807) is 6.07 Å². The van der Waals surface area contributed by atoms with Crippen molar-refractivity contribution in [3.63, 3.8) is 0 Å². The number of hydrogen-bond acceptors (Lipinski definition) is 3. The van der Waals surface area contributed by atoms with Crippen molar-refractivity contribution in [1.82, 2.24) is 14.5 Å². The summed E-state index contributed by atoms with van der Waals surface area (Å²) < 4.78 is 2.24. The lowest BCUT2D eigenvalue weighted by Crippen LogP contribution is -2.17. The van der Waals surface area contributed by atoms with E-state index in [4.69, 9.17) is 9.97 Å². The third kappa shape index (κ3) is 6.06. The predicted octanol–water partition coefficient (Wildman–Crippen LogP) is 13.7. The van der Waals surface area contributed by atoms with Crippen LogP contribution in [0.4, 0.5) is 0 Å². The van der Waals surface area contributed by atoms with E-state index in [9.17, 15) is 5.11 Å². The molecule has 2 aromatic heterocycles. The van der Waals surface area contributed by atoms with Crippen LogP contribution in [0.2, 0.25) is 0 Å². The highest BCUT2D eigenvalue weighted by atomic mass is 16.3. The first-order chi connectivity index (χ1) is 27.2. The first-order valence-corrected chi connectivity index (χ1v) is 20.0. The Morgan fingerprint density at radius 3 is 1.95 bits per heavy atom. The van der Waals surface area contributed by atoms with Gasteiger partial charge in [0.2, 0.25) is 0 Å². The predicted molar refractivity (Wildman–Crippen MR) is 237 cm³/mol. The van der Waals surface area contributed by atoms with Crippen molar-refractivity contribution >= 4 is 11.0 Å². The molecule has 0 unspecified atom stereocenters. The van der Waals surface area contributed by atoms with Crippen molar-refractivity contribution in [3.05, 3.63) is 168 Å². The van der Waals surface area contributed by atoms with Crippen LogP contribution in [0.5, 0.6) is 5.75 Å². The number of para-hydroxylation sites is 2. The molecule has 4 heteroatoms. The molecule has 8 aromatic rings. The van der Waals surface area contributed by atoms with Crippen LogP contribution in [-0.4, -0.2) is 19.6 Å². The fourth-order valence-electron chi connectivity index (χ4n) is 8.75. The van der Waals surface area contributed by atoms with Crippen LogP contribution in [0.25, 0.3) is 72.7 Å². The third-order valence-electron chi connectivity index (χ3n) is 11.9. The zero-order valence-corrected chi connectivity index (χ0v) is 34.1. The molecule has 4 nitrogen and oxygen atoms in total. The number of phenolic OH excluding ortho intramolecular Hbond substituents is 1. The van der Waals surface area contributed by atoms with Crippen LogP contribution in [0, 0.1) is 0 Å². The van der Waals surface area contributed by atoms with Crippen LogP contribution >= 0.6 is 0 Å². The Balaban J connectivity index is 1.33. The molecule has 0 amide bonds. The smallest absolute Gasteiger partial charge is 0.149 e. The molecule has 57 heavy (non-hydrogen) atoms. The Labute approximate surface area is 336 Å². The van der Waals surface area contributed by atoms with E-state index in [2.05, 4.69) is 175 Å². The first-order valence-electron chi connectivity index (χ1n) is 20.0. The van der Waals surface area contributed by atoms with Gasteiger partial charge in [0.05, 0.1) is 28.0 Å². The number of fused-ring (bicyclic) bond motifs is 4. The van der Waals surface area contributed by atoms with Crippen molar-refractivity contribution in [1.29, 1.82) is 0 Å². The van der Waals surface area contributed by atoms with E-state index < -0.39 is 0 Å². The number of imidazole rings is 1. The van der Waals surface area contributed by atoms with Gasteiger partial charge in [0.1, 0.15) is 11.6 Å². The van der Waals surface area contributed by atoms with Gasteiger partial charge in [-0.05, 0) is 104 Å². The molecule has 282 valence electrons. The molecular weight excluding hydrogens is 695 g/mol. The van der Waals surface area contributed by atoms with Gasteiger partial charge < -0.3 is 5.11 Å². The lowest BCUT2D eigenvalue weighted by atomic mass is 9.79. The van der Waals surface area contributed by atoms with Crippen molar-refractivity contribution in [2.45, 2.75) is 71.6 Å². The summed E-state index contributed by atoms with van der Waals surface area (Å²) in [7, 11) is 0. The summed E-state index contributed by atoms with van der Waals surface area (Å²) in [4.78, 5) is 10.6. The van der Waals surface area contributed by atoms with Crippen molar-refractivity contribution in [2.24, 2.45) is 0 Å². The summed E-state index contributed by atoms with van der Waals surface area (Å²) in [6, 6.07) is 49.3. The van der Waals surface area contributed by atoms with Gasteiger partial charge in [-0.1, -0.05) is 146 Å². The van der Waals surface area contributed by atoms with Crippen molar-refractivity contribution in [2.75, 3.05) is 0 Å². The highest BCUT2D eigenvalue weighted by Crippen LogP contribution is 2.52. The Morgan fingerprint density at radius 1 is 0.544 bits per heavy atom. The minimum absolute atomic E-state index is 0.0473. The number of pyridine rings is 1. The molecule has 0 fully saturated rings. The fourth-order valence-corrected chi connectivity index (χ4v) is 8.75. The van der Waals surface area contributed by atoms with Gasteiger partial charge in [0.15, 0.2) is 0 Å². The molecule has 2 heterocycles. The molecule has 0 atom stereocenters. The van der Waals surface area contributed by atoms with Gasteiger partial charge in [-0.2, -0.15) is 0 Å². The number of rotatable bonds is 5. The molecule has 1 aliphatic rings. The van der Waals surface area contributed by atoms with Gasteiger partial charge in [-0.15, -0.1) is 0 Å². The van der Waals surface area contributed by atoms with Gasteiger partial charge in [-0.25, -0.2) is 4.98 Å². The van der Waals surface area contributed by atoms with E-state index in [0.29, 0.717) is 11.4 Å². The molecule has 0 saturated carbocycles. The summed E-state index contributed by atoms with van der Waals surface area (Å²) in [5, 5.41) is 11.4. The maximum atomic E-state index is 11.4. The average Bonchev–Trinajstić information content (AvgIpc) is 3.70. The maximum Gasteiger partial charge on any atom is 0.149 e. The van der Waals surface area contributed by atoms with E-state index in [-0.39, 0.29) is 22.0 Å². The zero-order valence-electron chi connectivity index (χ0n) is 34.1. The van der Waals surface area contributed by atoms with Crippen LogP contribution < -0.4 is 0 Å². The summed E-state index contributed by atoms with van der Waals surface area (Å²) in [6.07, 6.45) is 1.96. The van der Waals surface area contributed by atoms with E-state index in [0.717, 1.165) is 50.2 Å². The third-order valence-corrected chi connectivity index (χ3v) is 11.9. The minimum Gasteiger partial charge on any atom is -0.507 e. The molecule has 0 spiro atoms. The summed E-state index contributed by atoms with van der Waals surface area (Å²) in [6.45, 7) is 18.2. The Kier molecular flexibility index (Phi) is 8.40. The quantitative estimate of drug-likeness (QED) is 0.191. The topological polar surface area (TPSA) is 50.9 Å². The average molecular weight is 744 g/mol. The molecule has 0 radical (unpaired) electrons. The minimum atomic E-state index is -0.211. The number of aromatic hydroxyl groups is 1. The van der Waals surface area contributed by atoms with Crippen molar-refractivity contribution in [3.8, 4) is 67.5 Å². The van der Waals surface area contributed by atoms with Crippen LogP contribution in [0.1, 0.15) is 77.6 Å². The standard InChI is InChI=1S/C53H49N3O/c1-51(2,3)36-25-26-44(42(32-36)33-17-10-9-11-18-33)56-45-23-16-21-38(49(45)55-50(56)41-20-13-15-24-46(41)57)34-29-35(31-37(30-34)52(4,5)6)48-47-40(27-28-54-48)39-19-12-14-22-43(39)53(47,7)8/h9-32,57H,1-8H3. The summed E-state index contributed by atoms with van der Waals surface area (Å²) in [5.41, 5.74) is 17.2. The monoisotopic (exact) mass is 743 g/mol. The normalized spacial score (nSPS) is 13.5. The molecule has 0 aliphatic heterocycles. The Morgan fingerprint density at radius 2 is 1.21 bits per heavy atom. The number of nitrogens with zero attached hydrogens (tertiary/aromatic N) is 3. The highest BCUT2D eigenvalue weighted by molar-refractivity contribution is 5.98. The number of phenols is 1. The first kappa shape index (κ1) is 36.4. The molecular formula is C53H49N3O. The maximum absolute atomic E-state index is 11.4. The SMILES string of the molecule is CC(C)(C)c1cc(-c2nccc3c2C(C)(C)c2ccccc2-3)cc(-c2cccc3c2nc(-c2ccccc2O)n3-c2ccc(C(C)(C)C)cc2-c2ccccc2)c1. The molecule has 1 aliphatic carbocycles.